The average molecular weight is 307 g/mol. The molecule has 0 aromatic heterocycles. The summed E-state index contributed by atoms with van der Waals surface area (Å²) in [7, 11) is 0. The fourth-order valence-corrected chi connectivity index (χ4v) is 3.94. The van der Waals surface area contributed by atoms with E-state index < -0.39 is 0 Å². The SMILES string of the molecule is c1ccc(CN(Cc2ccccc2)C[C@@H]2CCC[C@H]3O[C@@H]23)cc1. The molecular formula is C21H25NO. The van der Waals surface area contributed by atoms with Crippen LogP contribution in [0, 0.1) is 5.92 Å². The summed E-state index contributed by atoms with van der Waals surface area (Å²) < 4.78 is 5.87. The lowest BCUT2D eigenvalue weighted by atomic mass is 9.88. The van der Waals surface area contributed by atoms with Gasteiger partial charge in [-0.2, -0.15) is 0 Å². The first-order valence-electron chi connectivity index (χ1n) is 8.84. The minimum absolute atomic E-state index is 0.540. The molecule has 4 rings (SSSR count). The van der Waals surface area contributed by atoms with E-state index in [1.807, 2.05) is 0 Å². The summed E-state index contributed by atoms with van der Waals surface area (Å²) in [5, 5.41) is 0. The number of rotatable bonds is 6. The molecule has 120 valence electrons. The number of nitrogens with zero attached hydrogens (tertiary/aromatic N) is 1. The van der Waals surface area contributed by atoms with Crippen molar-refractivity contribution in [3.8, 4) is 0 Å². The summed E-state index contributed by atoms with van der Waals surface area (Å²) in [5.74, 6) is 0.709. The van der Waals surface area contributed by atoms with Crippen LogP contribution in [0.2, 0.25) is 0 Å². The van der Waals surface area contributed by atoms with Crippen LogP contribution >= 0.6 is 0 Å². The highest BCUT2D eigenvalue weighted by Crippen LogP contribution is 2.41. The molecule has 23 heavy (non-hydrogen) atoms. The number of fused-ring (bicyclic) bond motifs is 1. The third kappa shape index (κ3) is 3.82. The van der Waals surface area contributed by atoms with E-state index in [4.69, 9.17) is 4.74 Å². The maximum Gasteiger partial charge on any atom is 0.0882 e. The third-order valence-corrected chi connectivity index (χ3v) is 5.14. The zero-order valence-corrected chi connectivity index (χ0v) is 13.6. The normalized spacial score (nSPS) is 26.0. The quantitative estimate of drug-likeness (QED) is 0.741. The van der Waals surface area contributed by atoms with Crippen LogP contribution in [-0.2, 0) is 17.8 Å². The van der Waals surface area contributed by atoms with Gasteiger partial charge < -0.3 is 4.74 Å². The number of epoxide rings is 1. The van der Waals surface area contributed by atoms with Gasteiger partial charge in [-0.3, -0.25) is 4.90 Å². The van der Waals surface area contributed by atoms with E-state index in [-0.39, 0.29) is 0 Å². The van der Waals surface area contributed by atoms with E-state index in [1.165, 1.54) is 30.4 Å². The Morgan fingerprint density at radius 1 is 0.826 bits per heavy atom. The van der Waals surface area contributed by atoms with Gasteiger partial charge in [-0.05, 0) is 24.0 Å². The van der Waals surface area contributed by atoms with Crippen LogP contribution in [0.4, 0.5) is 0 Å². The smallest absolute Gasteiger partial charge is 0.0882 e. The van der Waals surface area contributed by atoms with Crippen LogP contribution in [0.3, 0.4) is 0 Å². The van der Waals surface area contributed by atoms with Gasteiger partial charge in [0.05, 0.1) is 12.2 Å². The van der Waals surface area contributed by atoms with Crippen molar-refractivity contribution in [3.05, 3.63) is 71.8 Å². The van der Waals surface area contributed by atoms with E-state index in [1.54, 1.807) is 0 Å². The second-order valence-electron chi connectivity index (χ2n) is 6.97. The molecule has 2 nitrogen and oxygen atoms in total. The fraction of sp³-hybridized carbons (Fsp3) is 0.429. The predicted molar refractivity (Wildman–Crippen MR) is 93.0 cm³/mol. The monoisotopic (exact) mass is 307 g/mol. The molecule has 1 heterocycles. The second-order valence-corrected chi connectivity index (χ2v) is 6.97. The minimum atomic E-state index is 0.540. The maximum absolute atomic E-state index is 5.87. The lowest BCUT2D eigenvalue weighted by molar-refractivity contribution is 0.182. The molecule has 2 aliphatic rings. The molecule has 1 aliphatic carbocycles. The average Bonchev–Trinajstić information content (AvgIpc) is 3.37. The lowest BCUT2D eigenvalue weighted by Gasteiger charge is -2.28. The largest absolute Gasteiger partial charge is 0.369 e. The molecule has 2 aromatic rings. The van der Waals surface area contributed by atoms with Gasteiger partial charge in [-0.1, -0.05) is 67.1 Å². The first kappa shape index (κ1) is 14.9. The highest BCUT2D eigenvalue weighted by atomic mass is 16.6. The molecule has 0 unspecified atom stereocenters. The van der Waals surface area contributed by atoms with Gasteiger partial charge >= 0.3 is 0 Å². The van der Waals surface area contributed by atoms with Gasteiger partial charge in [0, 0.05) is 25.6 Å². The summed E-state index contributed by atoms with van der Waals surface area (Å²) in [6.07, 6.45) is 5.04. The molecule has 1 aliphatic heterocycles. The number of hydrogen-bond donors (Lipinski definition) is 0. The summed E-state index contributed by atoms with van der Waals surface area (Å²) in [6.45, 7) is 3.18. The van der Waals surface area contributed by atoms with Crippen molar-refractivity contribution in [1.82, 2.24) is 4.90 Å². The Morgan fingerprint density at radius 3 is 2.04 bits per heavy atom. The number of benzene rings is 2. The van der Waals surface area contributed by atoms with Crippen LogP contribution in [0.1, 0.15) is 30.4 Å². The van der Waals surface area contributed by atoms with Gasteiger partial charge in [-0.25, -0.2) is 0 Å². The molecule has 1 saturated carbocycles. The standard InChI is InChI=1S/C21H25NO/c1-3-8-17(9-4-1)14-22(15-18-10-5-2-6-11-18)16-19-12-7-13-20-21(19)23-20/h1-6,8-11,19-21H,7,12-16H2/t19-,20+,21-/m0/s1. The zero-order chi connectivity index (χ0) is 15.5. The minimum Gasteiger partial charge on any atom is -0.369 e. The van der Waals surface area contributed by atoms with Crippen molar-refractivity contribution in [1.29, 1.82) is 0 Å². The highest BCUT2D eigenvalue weighted by Gasteiger charge is 2.47. The second kappa shape index (κ2) is 6.86. The first-order valence-corrected chi connectivity index (χ1v) is 8.84. The van der Waals surface area contributed by atoms with Gasteiger partial charge in [-0.15, -0.1) is 0 Å². The van der Waals surface area contributed by atoms with Crippen LogP contribution in [0.15, 0.2) is 60.7 Å². The van der Waals surface area contributed by atoms with Crippen molar-refractivity contribution in [2.45, 2.75) is 44.6 Å². The number of ether oxygens (including phenoxy) is 1. The van der Waals surface area contributed by atoms with Gasteiger partial charge in [0.15, 0.2) is 0 Å². The van der Waals surface area contributed by atoms with E-state index in [0.717, 1.165) is 19.6 Å². The molecular weight excluding hydrogens is 282 g/mol. The fourth-order valence-electron chi connectivity index (χ4n) is 3.94. The Bertz CT molecular complexity index is 571. The van der Waals surface area contributed by atoms with Crippen molar-refractivity contribution >= 4 is 0 Å². The third-order valence-electron chi connectivity index (χ3n) is 5.14. The molecule has 0 N–H and O–H groups in total. The molecule has 2 heteroatoms. The molecule has 2 fully saturated rings. The van der Waals surface area contributed by atoms with Crippen LogP contribution in [0.5, 0.6) is 0 Å². The summed E-state index contributed by atoms with van der Waals surface area (Å²) in [6, 6.07) is 21.7. The highest BCUT2D eigenvalue weighted by molar-refractivity contribution is 5.17. The molecule has 3 atom stereocenters. The molecule has 0 bridgehead atoms. The lowest BCUT2D eigenvalue weighted by Crippen LogP contribution is -2.33. The first-order chi connectivity index (χ1) is 11.4. The Balaban J connectivity index is 1.46. The Hall–Kier alpha value is -1.64. The Kier molecular flexibility index (Phi) is 4.45. The van der Waals surface area contributed by atoms with Crippen molar-refractivity contribution in [2.24, 2.45) is 5.92 Å². The van der Waals surface area contributed by atoms with Crippen molar-refractivity contribution in [3.63, 3.8) is 0 Å². The van der Waals surface area contributed by atoms with Gasteiger partial charge in [0.25, 0.3) is 0 Å². The van der Waals surface area contributed by atoms with E-state index in [2.05, 4.69) is 65.6 Å². The van der Waals surface area contributed by atoms with E-state index in [0.29, 0.717) is 18.1 Å². The molecule has 2 aromatic carbocycles. The molecule has 1 saturated heterocycles. The van der Waals surface area contributed by atoms with Gasteiger partial charge in [0.2, 0.25) is 0 Å². The molecule has 0 radical (unpaired) electrons. The summed E-state index contributed by atoms with van der Waals surface area (Å²) in [4.78, 5) is 2.60. The van der Waals surface area contributed by atoms with E-state index in [9.17, 15) is 0 Å². The summed E-state index contributed by atoms with van der Waals surface area (Å²) in [5.41, 5.74) is 2.79. The Morgan fingerprint density at radius 2 is 1.43 bits per heavy atom. The van der Waals surface area contributed by atoms with Crippen LogP contribution in [0.25, 0.3) is 0 Å². The zero-order valence-electron chi connectivity index (χ0n) is 13.6. The summed E-state index contributed by atoms with van der Waals surface area (Å²) >= 11 is 0. The van der Waals surface area contributed by atoms with Crippen molar-refractivity contribution in [2.75, 3.05) is 6.54 Å². The molecule has 0 amide bonds. The van der Waals surface area contributed by atoms with Gasteiger partial charge in [0.1, 0.15) is 0 Å². The predicted octanol–water partition coefficient (Wildman–Crippen LogP) is 4.26. The maximum atomic E-state index is 5.87. The topological polar surface area (TPSA) is 15.8 Å². The van der Waals surface area contributed by atoms with Crippen molar-refractivity contribution < 1.29 is 4.74 Å². The van der Waals surface area contributed by atoms with Crippen LogP contribution < -0.4 is 0 Å². The Labute approximate surface area is 139 Å². The van der Waals surface area contributed by atoms with E-state index >= 15 is 0 Å². The number of hydrogen-bond acceptors (Lipinski definition) is 2. The molecule has 0 spiro atoms. The van der Waals surface area contributed by atoms with Crippen LogP contribution in [-0.4, -0.2) is 23.7 Å².